The lowest BCUT2D eigenvalue weighted by atomic mass is 10.3. The maximum Gasteiger partial charge on any atom is 0.159 e. The number of hydrogen-bond donors (Lipinski definition) is 1. The standard InChI is InChI=1S/C7H7BrN2O/c8-5-3-9-4-6-7(5)11-2-1-10-6/h3-4,10H,1-2H2. The normalized spacial score (nSPS) is 14.6. The van der Waals surface area contributed by atoms with Gasteiger partial charge in [0, 0.05) is 12.7 Å². The van der Waals surface area contributed by atoms with Crippen LogP contribution in [0.3, 0.4) is 0 Å². The topological polar surface area (TPSA) is 34.1 Å². The number of nitrogens with one attached hydrogen (secondary N) is 1. The molecule has 0 aromatic carbocycles. The first-order chi connectivity index (χ1) is 5.38. The summed E-state index contributed by atoms with van der Waals surface area (Å²) in [5, 5.41) is 3.19. The van der Waals surface area contributed by atoms with Crippen LogP contribution in [0.5, 0.6) is 5.75 Å². The summed E-state index contributed by atoms with van der Waals surface area (Å²) < 4.78 is 6.31. The second-order valence-corrected chi connectivity index (χ2v) is 3.13. The van der Waals surface area contributed by atoms with E-state index in [0.29, 0.717) is 0 Å². The van der Waals surface area contributed by atoms with Crippen LogP contribution < -0.4 is 10.1 Å². The fourth-order valence-corrected chi connectivity index (χ4v) is 1.48. The second-order valence-electron chi connectivity index (χ2n) is 2.27. The average molecular weight is 215 g/mol. The summed E-state index contributed by atoms with van der Waals surface area (Å²) in [5.41, 5.74) is 0.964. The summed E-state index contributed by atoms with van der Waals surface area (Å²) in [4.78, 5) is 4.01. The van der Waals surface area contributed by atoms with Crippen molar-refractivity contribution in [1.29, 1.82) is 0 Å². The van der Waals surface area contributed by atoms with Gasteiger partial charge in [-0.05, 0) is 15.9 Å². The molecule has 0 bridgehead atoms. The molecule has 0 unspecified atom stereocenters. The third-order valence-corrected chi connectivity index (χ3v) is 2.08. The molecule has 4 heteroatoms. The zero-order valence-electron chi connectivity index (χ0n) is 5.80. The molecular weight excluding hydrogens is 208 g/mol. The third kappa shape index (κ3) is 1.18. The predicted octanol–water partition coefficient (Wildman–Crippen LogP) is 1.65. The smallest absolute Gasteiger partial charge is 0.159 e. The van der Waals surface area contributed by atoms with Gasteiger partial charge in [0.05, 0.1) is 16.4 Å². The van der Waals surface area contributed by atoms with E-state index in [9.17, 15) is 0 Å². The lowest BCUT2D eigenvalue weighted by molar-refractivity contribution is 0.321. The van der Waals surface area contributed by atoms with E-state index in [1.165, 1.54) is 0 Å². The molecule has 0 spiro atoms. The van der Waals surface area contributed by atoms with E-state index in [0.717, 1.165) is 29.1 Å². The van der Waals surface area contributed by atoms with E-state index < -0.39 is 0 Å². The van der Waals surface area contributed by atoms with Crippen LogP contribution in [0.2, 0.25) is 0 Å². The van der Waals surface area contributed by atoms with Crippen molar-refractivity contribution in [3.63, 3.8) is 0 Å². The first-order valence-electron chi connectivity index (χ1n) is 3.38. The molecule has 58 valence electrons. The van der Waals surface area contributed by atoms with Gasteiger partial charge in [-0.15, -0.1) is 0 Å². The van der Waals surface area contributed by atoms with Gasteiger partial charge in [0.1, 0.15) is 6.61 Å². The average Bonchev–Trinajstić information content (AvgIpc) is 2.06. The van der Waals surface area contributed by atoms with Gasteiger partial charge in [0.15, 0.2) is 5.75 Å². The van der Waals surface area contributed by atoms with Gasteiger partial charge >= 0.3 is 0 Å². The molecule has 0 amide bonds. The number of anilines is 1. The quantitative estimate of drug-likeness (QED) is 0.714. The van der Waals surface area contributed by atoms with E-state index >= 15 is 0 Å². The van der Waals surface area contributed by atoms with Crippen molar-refractivity contribution in [2.75, 3.05) is 18.5 Å². The molecule has 1 aromatic heterocycles. The molecule has 0 atom stereocenters. The van der Waals surface area contributed by atoms with Gasteiger partial charge < -0.3 is 10.1 Å². The Bertz CT molecular complexity index is 277. The molecule has 1 aliphatic heterocycles. The molecule has 0 saturated carbocycles. The Kier molecular flexibility index (Phi) is 1.69. The Labute approximate surface area is 72.9 Å². The van der Waals surface area contributed by atoms with Gasteiger partial charge in [0.25, 0.3) is 0 Å². The number of aromatic nitrogens is 1. The molecule has 1 aromatic rings. The highest BCUT2D eigenvalue weighted by Crippen LogP contribution is 2.33. The number of halogens is 1. The highest BCUT2D eigenvalue weighted by molar-refractivity contribution is 9.10. The van der Waals surface area contributed by atoms with E-state index in [-0.39, 0.29) is 0 Å². The lowest BCUT2D eigenvalue weighted by Crippen LogP contribution is -2.18. The van der Waals surface area contributed by atoms with Crippen molar-refractivity contribution in [2.45, 2.75) is 0 Å². The number of pyridine rings is 1. The molecule has 3 nitrogen and oxygen atoms in total. The van der Waals surface area contributed by atoms with Crippen molar-refractivity contribution in [2.24, 2.45) is 0 Å². The van der Waals surface area contributed by atoms with Gasteiger partial charge in [-0.25, -0.2) is 0 Å². The molecule has 0 radical (unpaired) electrons. The molecule has 11 heavy (non-hydrogen) atoms. The van der Waals surface area contributed by atoms with E-state index in [1.54, 1.807) is 12.4 Å². The minimum absolute atomic E-state index is 0.718. The zero-order chi connectivity index (χ0) is 7.68. The van der Waals surface area contributed by atoms with Crippen molar-refractivity contribution in [3.05, 3.63) is 16.9 Å². The van der Waals surface area contributed by atoms with Crippen molar-refractivity contribution in [1.82, 2.24) is 4.98 Å². The summed E-state index contributed by atoms with van der Waals surface area (Å²) in [6.07, 6.45) is 3.49. The zero-order valence-corrected chi connectivity index (χ0v) is 7.39. The molecule has 2 rings (SSSR count). The maximum atomic E-state index is 5.40. The monoisotopic (exact) mass is 214 g/mol. The van der Waals surface area contributed by atoms with E-state index in [4.69, 9.17) is 4.74 Å². The largest absolute Gasteiger partial charge is 0.488 e. The first-order valence-corrected chi connectivity index (χ1v) is 4.17. The fraction of sp³-hybridized carbons (Fsp3) is 0.286. The lowest BCUT2D eigenvalue weighted by Gasteiger charge is -2.18. The van der Waals surface area contributed by atoms with Crippen molar-refractivity contribution >= 4 is 21.6 Å². The van der Waals surface area contributed by atoms with Crippen LogP contribution in [0.4, 0.5) is 5.69 Å². The third-order valence-electron chi connectivity index (χ3n) is 1.52. The van der Waals surface area contributed by atoms with Gasteiger partial charge in [-0.1, -0.05) is 0 Å². The molecular formula is C7H7BrN2O. The van der Waals surface area contributed by atoms with Crippen LogP contribution in [-0.2, 0) is 0 Å². The number of fused-ring (bicyclic) bond motifs is 1. The summed E-state index contributed by atoms with van der Waals surface area (Å²) in [5.74, 6) is 0.867. The Morgan fingerprint density at radius 3 is 3.27 bits per heavy atom. The molecule has 1 N–H and O–H groups in total. The summed E-state index contributed by atoms with van der Waals surface area (Å²) in [7, 11) is 0. The Balaban J connectivity index is 2.49. The number of ether oxygens (including phenoxy) is 1. The Morgan fingerprint density at radius 1 is 1.55 bits per heavy atom. The van der Waals surface area contributed by atoms with Gasteiger partial charge in [0.2, 0.25) is 0 Å². The Hall–Kier alpha value is -0.770. The van der Waals surface area contributed by atoms with Crippen LogP contribution in [0.1, 0.15) is 0 Å². The highest BCUT2D eigenvalue weighted by atomic mass is 79.9. The van der Waals surface area contributed by atoms with Crippen LogP contribution in [-0.4, -0.2) is 18.1 Å². The molecule has 2 heterocycles. The van der Waals surface area contributed by atoms with Crippen LogP contribution in [0.25, 0.3) is 0 Å². The van der Waals surface area contributed by atoms with Gasteiger partial charge in [-0.2, -0.15) is 0 Å². The molecule has 0 saturated heterocycles. The predicted molar refractivity (Wildman–Crippen MR) is 45.9 cm³/mol. The highest BCUT2D eigenvalue weighted by Gasteiger charge is 2.11. The summed E-state index contributed by atoms with van der Waals surface area (Å²) in [6, 6.07) is 0. The summed E-state index contributed by atoms with van der Waals surface area (Å²) in [6.45, 7) is 1.57. The van der Waals surface area contributed by atoms with Gasteiger partial charge in [-0.3, -0.25) is 4.98 Å². The van der Waals surface area contributed by atoms with Crippen molar-refractivity contribution < 1.29 is 4.74 Å². The van der Waals surface area contributed by atoms with Crippen LogP contribution in [0.15, 0.2) is 16.9 Å². The fourth-order valence-electron chi connectivity index (χ4n) is 1.03. The minimum atomic E-state index is 0.718. The Morgan fingerprint density at radius 2 is 2.45 bits per heavy atom. The SMILES string of the molecule is Brc1cncc2c1OCCN2. The molecule has 0 fully saturated rings. The minimum Gasteiger partial charge on any atom is -0.488 e. The van der Waals surface area contributed by atoms with Crippen LogP contribution in [0, 0.1) is 0 Å². The molecule has 0 aliphatic carbocycles. The number of nitrogens with zero attached hydrogens (tertiary/aromatic N) is 1. The maximum absolute atomic E-state index is 5.40. The van der Waals surface area contributed by atoms with Crippen molar-refractivity contribution in [3.8, 4) is 5.75 Å². The second kappa shape index (κ2) is 2.70. The summed E-state index contributed by atoms with van der Waals surface area (Å²) >= 11 is 3.35. The van der Waals surface area contributed by atoms with E-state index in [1.807, 2.05) is 0 Å². The van der Waals surface area contributed by atoms with Crippen LogP contribution >= 0.6 is 15.9 Å². The first kappa shape index (κ1) is 6.91. The number of hydrogen-bond acceptors (Lipinski definition) is 3. The number of rotatable bonds is 0. The molecule has 1 aliphatic rings. The van der Waals surface area contributed by atoms with E-state index in [2.05, 4.69) is 26.2 Å².